The first-order valence-corrected chi connectivity index (χ1v) is 43.5. The van der Waals surface area contributed by atoms with Crippen molar-refractivity contribution in [2.75, 3.05) is 39.6 Å². The summed E-state index contributed by atoms with van der Waals surface area (Å²) in [5.41, 5.74) is 0. The second-order valence-corrected chi connectivity index (χ2v) is 32.0. The van der Waals surface area contributed by atoms with Crippen molar-refractivity contribution >= 4 is 39.5 Å². The van der Waals surface area contributed by atoms with Gasteiger partial charge >= 0.3 is 39.5 Å². The first-order valence-electron chi connectivity index (χ1n) is 40.5. The zero-order chi connectivity index (χ0) is 71.4. The van der Waals surface area contributed by atoms with Gasteiger partial charge in [-0.2, -0.15) is 0 Å². The summed E-state index contributed by atoms with van der Waals surface area (Å²) in [5, 5.41) is 10.6. The van der Waals surface area contributed by atoms with Gasteiger partial charge < -0.3 is 33.8 Å². The van der Waals surface area contributed by atoms with Gasteiger partial charge in [0.05, 0.1) is 26.4 Å². The van der Waals surface area contributed by atoms with E-state index < -0.39 is 97.5 Å². The molecule has 0 heterocycles. The molecule has 3 N–H and O–H groups in total. The van der Waals surface area contributed by atoms with E-state index in [0.717, 1.165) is 102 Å². The number of phosphoric ester groups is 2. The molecule has 19 heteroatoms. The van der Waals surface area contributed by atoms with Crippen LogP contribution in [0.1, 0.15) is 408 Å². The summed E-state index contributed by atoms with van der Waals surface area (Å²) in [4.78, 5) is 72.8. The van der Waals surface area contributed by atoms with Crippen molar-refractivity contribution < 1.29 is 80.2 Å². The van der Waals surface area contributed by atoms with Gasteiger partial charge in [0, 0.05) is 25.7 Å². The molecule has 0 fully saturated rings. The van der Waals surface area contributed by atoms with E-state index in [9.17, 15) is 43.2 Å². The highest BCUT2D eigenvalue weighted by Crippen LogP contribution is 2.45. The summed E-state index contributed by atoms with van der Waals surface area (Å²) in [6.07, 6.45) is 58.4. The van der Waals surface area contributed by atoms with Gasteiger partial charge in [-0.1, -0.05) is 356 Å². The standard InChI is InChI=1S/C78H152O17P2/c1-7-9-11-13-15-17-19-20-25-29-33-36-42-48-54-60-75(80)88-66-73(94-78(83)63-57-51-44-38-34-30-27-24-22-21-23-26-28-32-35-40-46-52-58-70(3)4)68-92-96(84,85)90-64-72(79)65-91-97(86,87)93-69-74(67-89-76(81)61-55-49-45-39-41-47-53-59-71(5)6)95-77(82)62-56-50-43-37-31-18-16-14-12-10-8-2/h70-74,79H,7-69H2,1-6H3,(H,84,85)(H,86,87)/t72-,73-,74-/m1/s1. The van der Waals surface area contributed by atoms with Gasteiger partial charge in [-0.15, -0.1) is 0 Å². The molecular formula is C78H152O17P2. The Hall–Kier alpha value is -1.94. The monoisotopic (exact) mass is 1420 g/mol. The highest BCUT2D eigenvalue weighted by Gasteiger charge is 2.30. The number of unbranched alkanes of at least 4 members (excludes halogenated alkanes) is 47. The third kappa shape index (κ3) is 72.2. The van der Waals surface area contributed by atoms with E-state index in [1.165, 1.54) is 218 Å². The molecule has 97 heavy (non-hydrogen) atoms. The van der Waals surface area contributed by atoms with Crippen LogP contribution < -0.4 is 0 Å². The normalized spacial score (nSPS) is 14.0. The topological polar surface area (TPSA) is 237 Å². The van der Waals surface area contributed by atoms with Crippen molar-refractivity contribution in [1.29, 1.82) is 0 Å². The largest absolute Gasteiger partial charge is 0.472 e. The lowest BCUT2D eigenvalue weighted by atomic mass is 10.0. The van der Waals surface area contributed by atoms with Gasteiger partial charge in [0.1, 0.15) is 19.3 Å². The summed E-state index contributed by atoms with van der Waals surface area (Å²) in [6.45, 7) is 9.59. The molecule has 0 spiro atoms. The molecule has 0 rings (SSSR count). The number of ether oxygens (including phenoxy) is 4. The number of hydrogen-bond donors (Lipinski definition) is 3. The zero-order valence-electron chi connectivity index (χ0n) is 63.4. The fourth-order valence-corrected chi connectivity index (χ4v) is 13.6. The number of esters is 4. The van der Waals surface area contributed by atoms with Gasteiger partial charge in [0.15, 0.2) is 12.2 Å². The van der Waals surface area contributed by atoms with Crippen molar-refractivity contribution in [2.45, 2.75) is 426 Å². The van der Waals surface area contributed by atoms with Gasteiger partial charge in [-0.3, -0.25) is 37.3 Å². The molecule has 0 radical (unpaired) electrons. The Labute approximate surface area is 594 Å². The van der Waals surface area contributed by atoms with Gasteiger partial charge in [0.2, 0.25) is 0 Å². The molecule has 0 saturated carbocycles. The summed E-state index contributed by atoms with van der Waals surface area (Å²) in [7, 11) is -9.91. The SMILES string of the molecule is CCCCCCCCCCCCCCCCCC(=O)OC[C@H](COP(=O)(O)OC[C@@H](O)COP(=O)(O)OC[C@@H](COC(=O)CCCCCCCCCC(C)C)OC(=O)CCCCCCCCCCCCC)OC(=O)CCCCCCCCCCCCCCCCCCCCC(C)C. The first-order chi connectivity index (χ1) is 46.9. The van der Waals surface area contributed by atoms with Crippen LogP contribution in [-0.4, -0.2) is 96.7 Å². The lowest BCUT2D eigenvalue weighted by Crippen LogP contribution is -2.30. The van der Waals surface area contributed by atoms with Crippen LogP contribution in [0.3, 0.4) is 0 Å². The quantitative estimate of drug-likeness (QED) is 0.0222. The molecule has 0 aromatic carbocycles. The molecule has 0 aromatic rings. The van der Waals surface area contributed by atoms with Crippen LogP contribution in [0.2, 0.25) is 0 Å². The molecule has 0 amide bonds. The van der Waals surface area contributed by atoms with Gasteiger partial charge in [0.25, 0.3) is 0 Å². The fraction of sp³-hybridized carbons (Fsp3) is 0.949. The second kappa shape index (κ2) is 69.8. The average Bonchev–Trinajstić information content (AvgIpc) is 2.20. The number of hydrogen-bond acceptors (Lipinski definition) is 15. The van der Waals surface area contributed by atoms with Crippen LogP contribution in [-0.2, 0) is 65.4 Å². The molecule has 0 aromatic heterocycles. The minimum absolute atomic E-state index is 0.106. The van der Waals surface area contributed by atoms with E-state index in [-0.39, 0.29) is 25.7 Å². The average molecular weight is 1420 g/mol. The maximum absolute atomic E-state index is 13.1. The third-order valence-electron chi connectivity index (χ3n) is 18.2. The molecule has 17 nitrogen and oxygen atoms in total. The molecule has 0 bridgehead atoms. The molecule has 0 aliphatic carbocycles. The lowest BCUT2D eigenvalue weighted by Gasteiger charge is -2.21. The van der Waals surface area contributed by atoms with E-state index in [1.807, 2.05) is 0 Å². The van der Waals surface area contributed by atoms with Gasteiger partial charge in [-0.05, 0) is 37.5 Å². The predicted molar refractivity (Wildman–Crippen MR) is 395 cm³/mol. The summed E-state index contributed by atoms with van der Waals surface area (Å²) >= 11 is 0. The van der Waals surface area contributed by atoms with Crippen LogP contribution in [0.4, 0.5) is 0 Å². The van der Waals surface area contributed by atoms with E-state index in [2.05, 4.69) is 41.5 Å². The third-order valence-corrected chi connectivity index (χ3v) is 20.1. The second-order valence-electron chi connectivity index (χ2n) is 29.1. The lowest BCUT2D eigenvalue weighted by molar-refractivity contribution is -0.161. The molecule has 5 atom stereocenters. The Morgan fingerprint density at radius 1 is 0.278 bits per heavy atom. The molecule has 2 unspecified atom stereocenters. The molecule has 0 aliphatic heterocycles. The van der Waals surface area contributed by atoms with Crippen molar-refractivity contribution in [3.8, 4) is 0 Å². The number of carbonyl (C=O) groups is 4. The highest BCUT2D eigenvalue weighted by atomic mass is 31.2. The van der Waals surface area contributed by atoms with Crippen LogP contribution in [0.15, 0.2) is 0 Å². The van der Waals surface area contributed by atoms with Crippen molar-refractivity contribution in [3.63, 3.8) is 0 Å². The minimum Gasteiger partial charge on any atom is -0.462 e. The maximum atomic E-state index is 13.1. The molecular weight excluding hydrogens is 1270 g/mol. The van der Waals surface area contributed by atoms with Crippen molar-refractivity contribution in [2.24, 2.45) is 11.8 Å². The van der Waals surface area contributed by atoms with Crippen LogP contribution in [0.25, 0.3) is 0 Å². The van der Waals surface area contributed by atoms with Crippen molar-refractivity contribution in [3.05, 3.63) is 0 Å². The number of rotatable bonds is 77. The van der Waals surface area contributed by atoms with Crippen LogP contribution in [0, 0.1) is 11.8 Å². The van der Waals surface area contributed by atoms with Crippen LogP contribution >= 0.6 is 15.6 Å². The number of phosphoric acid groups is 2. The highest BCUT2D eigenvalue weighted by molar-refractivity contribution is 7.47. The summed E-state index contributed by atoms with van der Waals surface area (Å²) < 4.78 is 68.5. The maximum Gasteiger partial charge on any atom is 0.472 e. The Morgan fingerprint density at radius 2 is 0.474 bits per heavy atom. The number of carbonyl (C=O) groups excluding carboxylic acids is 4. The predicted octanol–water partition coefficient (Wildman–Crippen LogP) is 23.1. The van der Waals surface area contributed by atoms with Crippen LogP contribution in [0.5, 0.6) is 0 Å². The zero-order valence-corrected chi connectivity index (χ0v) is 65.2. The Kier molecular flexibility index (Phi) is 68.4. The molecule has 0 aliphatic rings. The summed E-state index contributed by atoms with van der Waals surface area (Å²) in [6, 6.07) is 0. The van der Waals surface area contributed by atoms with Crippen molar-refractivity contribution in [1.82, 2.24) is 0 Å². The molecule has 576 valence electrons. The Morgan fingerprint density at radius 3 is 0.701 bits per heavy atom. The number of aliphatic hydroxyl groups is 1. The summed E-state index contributed by atoms with van der Waals surface area (Å²) in [5.74, 6) is -0.587. The van der Waals surface area contributed by atoms with E-state index in [4.69, 9.17) is 37.0 Å². The Bertz CT molecular complexity index is 1870. The number of aliphatic hydroxyl groups excluding tert-OH is 1. The van der Waals surface area contributed by atoms with E-state index in [1.54, 1.807) is 0 Å². The molecule has 0 saturated heterocycles. The van der Waals surface area contributed by atoms with E-state index >= 15 is 0 Å². The first kappa shape index (κ1) is 95.1. The smallest absolute Gasteiger partial charge is 0.462 e. The van der Waals surface area contributed by atoms with Gasteiger partial charge in [-0.25, -0.2) is 9.13 Å². The van der Waals surface area contributed by atoms with E-state index in [0.29, 0.717) is 31.6 Å². The fourth-order valence-electron chi connectivity index (χ4n) is 12.0. The Balaban J connectivity index is 5.20. The minimum atomic E-state index is -4.96.